The van der Waals surface area contributed by atoms with Gasteiger partial charge in [0, 0.05) is 12.6 Å². The van der Waals surface area contributed by atoms with Crippen LogP contribution in [0.2, 0.25) is 0 Å². The number of ether oxygens (including phenoxy) is 1. The number of hydrogen-bond acceptors (Lipinski definition) is 8. The van der Waals surface area contributed by atoms with Crippen molar-refractivity contribution in [2.75, 3.05) is 27.7 Å². The van der Waals surface area contributed by atoms with Gasteiger partial charge in [-0.1, -0.05) is 74.5 Å². The maximum Gasteiger partial charge on any atom is 0.292 e. The van der Waals surface area contributed by atoms with Gasteiger partial charge in [0.25, 0.3) is 6.47 Å². The molecule has 1 aliphatic rings. The fourth-order valence-corrected chi connectivity index (χ4v) is 5.23. The molecule has 2 aromatic heterocycles. The fourth-order valence-electron chi connectivity index (χ4n) is 5.23. The molecule has 1 amide bonds. The Morgan fingerprint density at radius 2 is 1.49 bits per heavy atom. The van der Waals surface area contributed by atoms with E-state index < -0.39 is 0 Å². The first-order valence-corrected chi connectivity index (χ1v) is 16.5. The van der Waals surface area contributed by atoms with Crippen LogP contribution in [0.4, 0.5) is 0 Å². The van der Waals surface area contributed by atoms with E-state index in [1.807, 2.05) is 38.3 Å². The molecule has 264 valence electrons. The second-order valence-corrected chi connectivity index (χ2v) is 11.9. The molecule has 0 saturated carbocycles. The predicted octanol–water partition coefficient (Wildman–Crippen LogP) is 6.21. The van der Waals surface area contributed by atoms with Crippen LogP contribution in [0, 0.1) is 5.92 Å². The number of likely N-dealkylation sites (N-methyl/N-ethyl adjacent to an activating group) is 2. The average Bonchev–Trinajstić information content (AvgIpc) is 3.92. The van der Waals surface area contributed by atoms with Crippen molar-refractivity contribution in [1.82, 2.24) is 35.5 Å². The van der Waals surface area contributed by atoms with Gasteiger partial charge in [-0.25, -0.2) is 9.97 Å². The summed E-state index contributed by atoms with van der Waals surface area (Å²) in [5.41, 5.74) is 7.67. The van der Waals surface area contributed by atoms with Gasteiger partial charge < -0.3 is 35.0 Å². The summed E-state index contributed by atoms with van der Waals surface area (Å²) in [6.45, 7) is 14.6. The topological polar surface area (TPSA) is 145 Å². The third-order valence-corrected chi connectivity index (χ3v) is 8.18. The van der Waals surface area contributed by atoms with Crippen molar-refractivity contribution in [1.29, 1.82) is 0 Å². The van der Waals surface area contributed by atoms with Gasteiger partial charge in [-0.05, 0) is 75.9 Å². The number of carbonyl (C=O) groups excluding carboxylic acids is 3. The lowest BCUT2D eigenvalue weighted by atomic mass is 10.0. The van der Waals surface area contributed by atoms with E-state index in [0.717, 1.165) is 65.1 Å². The number of H-pyrrole nitrogens is 2. The lowest BCUT2D eigenvalue weighted by molar-refractivity contribution is -0.135. The van der Waals surface area contributed by atoms with Gasteiger partial charge in [-0.2, -0.15) is 0 Å². The maximum absolute atomic E-state index is 13.2. The number of rotatable bonds is 10. The molecule has 3 unspecified atom stereocenters. The number of likely N-dealkylation sites (tertiary alicyclic amines) is 1. The smallest absolute Gasteiger partial charge is 0.292 e. The lowest BCUT2D eigenvalue weighted by Crippen LogP contribution is -2.47. The van der Waals surface area contributed by atoms with Gasteiger partial charge in [0.1, 0.15) is 12.1 Å². The number of methoxy groups -OCH3 is 1. The van der Waals surface area contributed by atoms with E-state index in [0.29, 0.717) is 12.5 Å². The molecule has 1 saturated heterocycles. The van der Waals surface area contributed by atoms with Crippen molar-refractivity contribution in [2.24, 2.45) is 5.92 Å². The summed E-state index contributed by atoms with van der Waals surface area (Å²) < 4.78 is 3.86. The fraction of sp³-hybridized carbons (Fsp3) is 0.395. The zero-order chi connectivity index (χ0) is 36.3. The molecule has 2 aromatic carbocycles. The largest absolute Gasteiger partial charge is 0.471 e. The average molecular weight is 672 g/mol. The van der Waals surface area contributed by atoms with Crippen molar-refractivity contribution < 1.29 is 19.1 Å². The highest BCUT2D eigenvalue weighted by Gasteiger charge is 2.36. The number of nitrogens with zero attached hydrogens (tertiary/aromatic N) is 3. The maximum atomic E-state index is 13.2. The summed E-state index contributed by atoms with van der Waals surface area (Å²) in [6, 6.07) is 17.2. The zero-order valence-corrected chi connectivity index (χ0v) is 30.1. The number of nitrogens with one attached hydrogen (secondary N) is 4. The molecule has 11 nitrogen and oxygen atoms in total. The molecule has 0 radical (unpaired) electrons. The summed E-state index contributed by atoms with van der Waals surface area (Å²) in [4.78, 5) is 48.3. The van der Waals surface area contributed by atoms with Gasteiger partial charge in [0.15, 0.2) is 0 Å². The number of aldehydes is 1. The SMILES string of the molecule is C=C(C)C(C)NC.CC=O.CNC(C(=O)N1CCCC1c1ncc(-c2ccc(-c3ccc(-c4cnc[nH]4)cc3)cc2)[nH]1)C(C)C.COC=O. The Kier molecular flexibility index (Phi) is 17.4. The molecular formula is C38H53N7O4. The first-order valence-electron chi connectivity index (χ1n) is 16.5. The normalized spacial score (nSPS) is 14.6. The van der Waals surface area contributed by atoms with Crippen molar-refractivity contribution in [3.63, 3.8) is 0 Å². The molecular weight excluding hydrogens is 618 g/mol. The Balaban J connectivity index is 0.000000506. The van der Waals surface area contributed by atoms with Crippen molar-refractivity contribution in [2.45, 2.75) is 65.6 Å². The molecule has 0 aliphatic carbocycles. The number of aromatic amines is 2. The highest BCUT2D eigenvalue weighted by molar-refractivity contribution is 5.83. The van der Waals surface area contributed by atoms with Crippen molar-refractivity contribution >= 4 is 18.7 Å². The van der Waals surface area contributed by atoms with Crippen LogP contribution in [0.25, 0.3) is 33.6 Å². The Labute approximate surface area is 291 Å². The molecule has 4 aromatic rings. The Morgan fingerprint density at radius 3 is 1.90 bits per heavy atom. The summed E-state index contributed by atoms with van der Waals surface area (Å²) in [5.74, 6) is 1.26. The van der Waals surface area contributed by atoms with E-state index in [1.54, 1.807) is 6.33 Å². The molecule has 11 heteroatoms. The summed E-state index contributed by atoms with van der Waals surface area (Å²) in [5, 5.41) is 6.25. The predicted molar refractivity (Wildman–Crippen MR) is 197 cm³/mol. The highest BCUT2D eigenvalue weighted by Crippen LogP contribution is 2.33. The Bertz CT molecular complexity index is 1550. The molecule has 3 atom stereocenters. The second kappa shape index (κ2) is 21.2. The molecule has 1 fully saturated rings. The van der Waals surface area contributed by atoms with Crippen LogP contribution < -0.4 is 10.6 Å². The number of aromatic nitrogens is 4. The van der Waals surface area contributed by atoms with Gasteiger partial charge in [0.2, 0.25) is 5.91 Å². The summed E-state index contributed by atoms with van der Waals surface area (Å²) in [6.07, 6.45) is 8.07. The van der Waals surface area contributed by atoms with Crippen molar-refractivity contribution in [3.05, 3.63) is 85.2 Å². The van der Waals surface area contributed by atoms with Gasteiger partial charge >= 0.3 is 0 Å². The van der Waals surface area contributed by atoms with Crippen LogP contribution in [-0.4, -0.2) is 83.3 Å². The number of amides is 1. The number of hydrogen-bond donors (Lipinski definition) is 4. The first-order chi connectivity index (χ1) is 23.6. The number of benzene rings is 2. The number of carbonyl (C=O) groups is 3. The van der Waals surface area contributed by atoms with Crippen LogP contribution >= 0.6 is 0 Å². The third kappa shape index (κ3) is 12.0. The van der Waals surface area contributed by atoms with E-state index >= 15 is 0 Å². The molecule has 3 heterocycles. The minimum absolute atomic E-state index is 0.00138. The Hall–Kier alpha value is -4.87. The van der Waals surface area contributed by atoms with Crippen LogP contribution in [0.3, 0.4) is 0 Å². The minimum Gasteiger partial charge on any atom is -0.471 e. The van der Waals surface area contributed by atoms with Crippen molar-refractivity contribution in [3.8, 4) is 33.6 Å². The molecule has 0 spiro atoms. The second-order valence-electron chi connectivity index (χ2n) is 11.9. The molecule has 1 aliphatic heterocycles. The standard InChI is InChI=1S/C28H32N6O.C6H13N.C2H4O2.C2H4O/c1-18(2)26(29-3)28(35)34-14-4-5-25(34)27-31-16-24(33-27)22-12-8-20(9-13-22)19-6-10-21(11-7-19)23-15-30-17-32-23;1-5(2)6(3)7-4;1-4-2-3;1-2-3/h6-13,15-18,25-26,29H,4-5,14H2,1-3H3,(H,30,32)(H,31,33);6-7H,1H2,2-4H3;2H,1H3;2H,1H3. The quantitative estimate of drug-likeness (QED) is 0.115. The zero-order valence-electron chi connectivity index (χ0n) is 30.1. The van der Waals surface area contributed by atoms with Gasteiger partial charge in [-0.3, -0.25) is 9.59 Å². The Morgan fingerprint density at radius 1 is 0.959 bits per heavy atom. The monoisotopic (exact) mass is 671 g/mol. The summed E-state index contributed by atoms with van der Waals surface area (Å²) >= 11 is 0. The van der Waals surface area contributed by atoms with E-state index in [4.69, 9.17) is 9.59 Å². The number of imidazole rings is 2. The van der Waals surface area contributed by atoms with E-state index in [1.165, 1.54) is 19.6 Å². The van der Waals surface area contributed by atoms with Gasteiger partial charge in [0.05, 0.1) is 49.3 Å². The third-order valence-electron chi connectivity index (χ3n) is 8.18. The van der Waals surface area contributed by atoms with Crippen LogP contribution in [-0.2, 0) is 19.1 Å². The van der Waals surface area contributed by atoms with Crippen LogP contribution in [0.1, 0.15) is 59.3 Å². The van der Waals surface area contributed by atoms with Gasteiger partial charge in [-0.15, -0.1) is 0 Å². The first kappa shape index (κ1) is 40.3. The molecule has 5 rings (SSSR count). The minimum atomic E-state index is -0.175. The van der Waals surface area contributed by atoms with E-state index in [9.17, 15) is 4.79 Å². The van der Waals surface area contributed by atoms with Crippen LogP contribution in [0.5, 0.6) is 0 Å². The van der Waals surface area contributed by atoms with E-state index in [2.05, 4.69) is 111 Å². The molecule has 0 bridgehead atoms. The molecule has 49 heavy (non-hydrogen) atoms. The summed E-state index contributed by atoms with van der Waals surface area (Å²) in [7, 11) is 5.10. The highest BCUT2D eigenvalue weighted by atomic mass is 16.5. The molecule has 4 N–H and O–H groups in total. The lowest BCUT2D eigenvalue weighted by Gasteiger charge is -2.29. The van der Waals surface area contributed by atoms with Crippen LogP contribution in [0.15, 0.2) is 79.4 Å². The van der Waals surface area contributed by atoms with E-state index in [-0.39, 0.29) is 23.9 Å².